The van der Waals surface area contributed by atoms with Crippen LogP contribution in [0.4, 0.5) is 8.78 Å². The number of fused-ring (bicyclic) bond motifs is 1. The van der Waals surface area contributed by atoms with Gasteiger partial charge in [0.1, 0.15) is 0 Å². The Morgan fingerprint density at radius 1 is 1.12 bits per heavy atom. The van der Waals surface area contributed by atoms with E-state index < -0.39 is 5.92 Å². The van der Waals surface area contributed by atoms with Crippen molar-refractivity contribution in [3.63, 3.8) is 0 Å². The molecule has 0 saturated heterocycles. The molecule has 1 aromatic rings. The molecule has 3 rings (SSSR count). The summed E-state index contributed by atoms with van der Waals surface area (Å²) in [6.45, 7) is 0. The quantitative estimate of drug-likeness (QED) is 0.712. The van der Waals surface area contributed by atoms with Gasteiger partial charge >= 0.3 is 0 Å². The second-order valence-corrected chi connectivity index (χ2v) is 4.89. The molecule has 0 atom stereocenters. The van der Waals surface area contributed by atoms with Gasteiger partial charge < -0.3 is 0 Å². The third kappa shape index (κ3) is 1.33. The van der Waals surface area contributed by atoms with Gasteiger partial charge in [0.05, 0.1) is 11.5 Å². The number of nitriles is 1. The van der Waals surface area contributed by atoms with Gasteiger partial charge in [0.25, 0.3) is 5.92 Å². The molecule has 0 amide bonds. The number of hydrogen-bond donors (Lipinski definition) is 0. The van der Waals surface area contributed by atoms with Crippen LogP contribution in [-0.2, 0) is 18.3 Å². The van der Waals surface area contributed by atoms with Crippen LogP contribution >= 0.6 is 0 Å². The Bertz CT molecular complexity index is 495. The molecule has 2 aliphatic carbocycles. The highest BCUT2D eigenvalue weighted by Gasteiger charge is 2.46. The van der Waals surface area contributed by atoms with Crippen molar-refractivity contribution in [2.24, 2.45) is 0 Å². The first kappa shape index (κ1) is 9.77. The van der Waals surface area contributed by atoms with E-state index in [1.54, 1.807) is 6.07 Å². The van der Waals surface area contributed by atoms with Crippen LogP contribution in [0, 0.1) is 11.3 Å². The Kier molecular flexibility index (Phi) is 1.72. The maximum Gasteiger partial charge on any atom is 0.256 e. The summed E-state index contributed by atoms with van der Waals surface area (Å²) in [5.41, 5.74) is 2.02. The fourth-order valence-corrected chi connectivity index (χ4v) is 2.47. The number of halogens is 2. The summed E-state index contributed by atoms with van der Waals surface area (Å²) in [7, 11) is 0. The van der Waals surface area contributed by atoms with Crippen molar-refractivity contribution >= 4 is 0 Å². The molecule has 16 heavy (non-hydrogen) atoms. The molecule has 1 fully saturated rings. The Labute approximate surface area is 92.7 Å². The number of nitrogens with zero attached hydrogens (tertiary/aromatic N) is 1. The Morgan fingerprint density at radius 3 is 2.44 bits per heavy atom. The van der Waals surface area contributed by atoms with E-state index in [0.717, 1.165) is 29.5 Å². The van der Waals surface area contributed by atoms with E-state index in [4.69, 9.17) is 5.26 Å². The van der Waals surface area contributed by atoms with Gasteiger partial charge in [-0.15, -0.1) is 0 Å². The van der Waals surface area contributed by atoms with Crippen molar-refractivity contribution in [1.82, 2.24) is 0 Å². The van der Waals surface area contributed by atoms with Crippen LogP contribution in [0.1, 0.15) is 29.5 Å². The topological polar surface area (TPSA) is 23.8 Å². The van der Waals surface area contributed by atoms with Crippen LogP contribution < -0.4 is 0 Å². The lowest BCUT2D eigenvalue weighted by Gasteiger charge is -2.08. The lowest BCUT2D eigenvalue weighted by Crippen LogP contribution is -2.14. The summed E-state index contributed by atoms with van der Waals surface area (Å²) in [5, 5.41) is 9.06. The molecule has 0 radical (unpaired) electrons. The van der Waals surface area contributed by atoms with Crippen molar-refractivity contribution in [3.05, 3.63) is 34.9 Å². The summed E-state index contributed by atoms with van der Waals surface area (Å²) in [6.07, 6.45) is 1.40. The number of hydrogen-bond acceptors (Lipinski definition) is 1. The molecule has 0 spiro atoms. The smallest absolute Gasteiger partial charge is 0.206 e. The summed E-state index contributed by atoms with van der Waals surface area (Å²) < 4.78 is 26.4. The third-order valence-corrected chi connectivity index (χ3v) is 3.62. The molecule has 1 saturated carbocycles. The Balaban J connectivity index is 2.01. The average Bonchev–Trinajstić information content (AvgIpc) is 2.95. The van der Waals surface area contributed by atoms with E-state index in [-0.39, 0.29) is 18.3 Å². The lowest BCUT2D eigenvalue weighted by molar-refractivity contribution is 0.0130. The minimum atomic E-state index is -2.59. The highest BCUT2D eigenvalue weighted by Crippen LogP contribution is 2.48. The number of benzene rings is 1. The van der Waals surface area contributed by atoms with Crippen molar-refractivity contribution in [3.8, 4) is 6.07 Å². The summed E-state index contributed by atoms with van der Waals surface area (Å²) in [5.74, 6) is -2.59. The van der Waals surface area contributed by atoms with E-state index in [0.29, 0.717) is 0 Å². The molecule has 0 aliphatic heterocycles. The van der Waals surface area contributed by atoms with Crippen LogP contribution in [0.3, 0.4) is 0 Å². The summed E-state index contributed by atoms with van der Waals surface area (Å²) in [4.78, 5) is 0. The van der Waals surface area contributed by atoms with Crippen molar-refractivity contribution < 1.29 is 8.78 Å². The molecule has 0 bridgehead atoms. The zero-order chi connectivity index (χ0) is 11.4. The van der Waals surface area contributed by atoms with Crippen molar-refractivity contribution in [2.45, 2.75) is 37.0 Å². The van der Waals surface area contributed by atoms with Crippen LogP contribution in [0.5, 0.6) is 0 Å². The standard InChI is InChI=1S/C13H11F2N/c14-13(15)6-9-1-2-11(5-10(9)7-13)12(8-16)3-4-12/h1-2,5H,3-4,6-7H2. The van der Waals surface area contributed by atoms with E-state index in [1.807, 2.05) is 12.1 Å². The molecular formula is C13H11F2N. The molecule has 82 valence electrons. The van der Waals surface area contributed by atoms with Gasteiger partial charge in [-0.1, -0.05) is 18.2 Å². The summed E-state index contributed by atoms with van der Waals surface area (Å²) in [6, 6.07) is 7.72. The average molecular weight is 219 g/mol. The maximum absolute atomic E-state index is 13.2. The highest BCUT2D eigenvalue weighted by atomic mass is 19.3. The zero-order valence-corrected chi connectivity index (χ0v) is 8.76. The number of alkyl halides is 2. The molecule has 1 nitrogen and oxygen atoms in total. The third-order valence-electron chi connectivity index (χ3n) is 3.62. The van der Waals surface area contributed by atoms with Crippen molar-refractivity contribution in [2.75, 3.05) is 0 Å². The fraction of sp³-hybridized carbons (Fsp3) is 0.462. The first-order chi connectivity index (χ1) is 7.55. The predicted octanol–water partition coefficient (Wildman–Crippen LogP) is 2.98. The maximum atomic E-state index is 13.2. The number of rotatable bonds is 1. The zero-order valence-electron chi connectivity index (χ0n) is 8.76. The second kappa shape index (κ2) is 2.82. The van der Waals surface area contributed by atoms with Gasteiger partial charge in [-0.05, 0) is 29.5 Å². The van der Waals surface area contributed by atoms with Gasteiger partial charge in [0.2, 0.25) is 0 Å². The normalized spacial score (nSPS) is 23.6. The van der Waals surface area contributed by atoms with E-state index in [9.17, 15) is 8.78 Å². The molecule has 2 aliphatic rings. The van der Waals surface area contributed by atoms with Gasteiger partial charge in [-0.3, -0.25) is 0 Å². The van der Waals surface area contributed by atoms with Crippen LogP contribution in [0.25, 0.3) is 0 Å². The molecule has 0 heterocycles. The van der Waals surface area contributed by atoms with Crippen LogP contribution in [0.15, 0.2) is 18.2 Å². The monoisotopic (exact) mass is 219 g/mol. The van der Waals surface area contributed by atoms with E-state index in [1.165, 1.54) is 0 Å². The van der Waals surface area contributed by atoms with Gasteiger partial charge in [-0.25, -0.2) is 8.78 Å². The molecular weight excluding hydrogens is 208 g/mol. The van der Waals surface area contributed by atoms with Gasteiger partial charge in [0, 0.05) is 12.8 Å². The molecule has 0 unspecified atom stereocenters. The minimum absolute atomic E-state index is 0.151. The predicted molar refractivity (Wildman–Crippen MR) is 55.3 cm³/mol. The van der Waals surface area contributed by atoms with Crippen LogP contribution in [-0.4, -0.2) is 5.92 Å². The van der Waals surface area contributed by atoms with E-state index in [2.05, 4.69) is 6.07 Å². The van der Waals surface area contributed by atoms with Gasteiger partial charge in [0.15, 0.2) is 0 Å². The fourth-order valence-electron chi connectivity index (χ4n) is 2.47. The SMILES string of the molecule is N#CC1(c2ccc3c(c2)CC(F)(F)C3)CC1. The lowest BCUT2D eigenvalue weighted by atomic mass is 9.94. The highest BCUT2D eigenvalue weighted by molar-refractivity contribution is 5.45. The Hall–Kier alpha value is -1.43. The summed E-state index contributed by atoms with van der Waals surface area (Å²) >= 11 is 0. The van der Waals surface area contributed by atoms with E-state index >= 15 is 0 Å². The molecule has 3 heteroatoms. The molecule has 1 aromatic carbocycles. The molecule has 0 N–H and O–H groups in total. The molecule has 0 aromatic heterocycles. The minimum Gasteiger partial charge on any atom is -0.206 e. The Morgan fingerprint density at radius 2 is 1.81 bits per heavy atom. The largest absolute Gasteiger partial charge is 0.256 e. The second-order valence-electron chi connectivity index (χ2n) is 4.89. The van der Waals surface area contributed by atoms with Gasteiger partial charge in [-0.2, -0.15) is 5.26 Å². The van der Waals surface area contributed by atoms with Crippen LogP contribution in [0.2, 0.25) is 0 Å². The van der Waals surface area contributed by atoms with Crippen molar-refractivity contribution in [1.29, 1.82) is 5.26 Å². The first-order valence-electron chi connectivity index (χ1n) is 5.46. The first-order valence-corrected chi connectivity index (χ1v) is 5.46.